The average Bonchev–Trinajstić information content (AvgIpc) is 2.48. The normalized spacial score (nSPS) is 10.5. The van der Waals surface area contributed by atoms with Crippen LogP contribution in [0.25, 0.3) is 0 Å². The molecule has 0 atom stereocenters. The second-order valence-electron chi connectivity index (χ2n) is 4.70. The first-order chi connectivity index (χ1) is 10.1. The second-order valence-corrected chi connectivity index (χ2v) is 4.70. The molecular weight excluding hydrogens is 270 g/mol. The molecule has 112 valence electrons. The molecule has 1 aromatic carbocycles. The number of anilines is 1. The molecule has 6 heteroatoms. The first-order valence-corrected chi connectivity index (χ1v) is 6.90. The number of hydrogen-bond donors (Lipinski definition) is 1. The van der Waals surface area contributed by atoms with E-state index in [4.69, 9.17) is 10.5 Å². The first kappa shape index (κ1) is 14.9. The molecule has 21 heavy (non-hydrogen) atoms. The van der Waals surface area contributed by atoms with E-state index in [1.807, 2.05) is 6.92 Å². The molecule has 2 aromatic rings. The minimum atomic E-state index is -0.312. The second kappa shape index (κ2) is 6.78. The molecule has 0 saturated carbocycles. The minimum absolute atomic E-state index is 0.215. The third-order valence-corrected chi connectivity index (χ3v) is 3.07. The highest BCUT2D eigenvalue weighted by molar-refractivity contribution is 5.41. The van der Waals surface area contributed by atoms with Crippen molar-refractivity contribution >= 4 is 5.69 Å². The fraction of sp³-hybridized carbons (Fsp3) is 0.333. The summed E-state index contributed by atoms with van der Waals surface area (Å²) in [4.78, 5) is 23.9. The molecule has 0 aliphatic carbocycles. The Balaban J connectivity index is 2.06. The third-order valence-electron chi connectivity index (χ3n) is 3.07. The lowest BCUT2D eigenvalue weighted by Gasteiger charge is -2.10. The number of hydrogen-bond acceptors (Lipinski definition) is 4. The molecule has 2 rings (SSSR count). The van der Waals surface area contributed by atoms with Gasteiger partial charge in [-0.1, -0.05) is 6.92 Å². The van der Waals surface area contributed by atoms with Crippen molar-refractivity contribution in [3.63, 3.8) is 0 Å². The molecule has 0 saturated heterocycles. The number of ether oxygens (including phenoxy) is 1. The van der Waals surface area contributed by atoms with Gasteiger partial charge in [-0.3, -0.25) is 9.36 Å². The maximum Gasteiger partial charge on any atom is 0.331 e. The molecule has 1 heterocycles. The van der Waals surface area contributed by atoms with E-state index < -0.39 is 0 Å². The van der Waals surface area contributed by atoms with Gasteiger partial charge in [0, 0.05) is 24.5 Å². The Bertz CT molecular complexity index is 701. The van der Waals surface area contributed by atoms with Crippen molar-refractivity contribution in [2.45, 2.75) is 26.4 Å². The van der Waals surface area contributed by atoms with Gasteiger partial charge in [-0.15, -0.1) is 0 Å². The standard InChI is InChI=1S/C15H19N3O3/c1-2-8-17-9-7-14(19)18(15(17)20)10-11-21-13-5-3-12(16)4-6-13/h3-7,9H,2,8,10-11,16H2,1H3. The van der Waals surface area contributed by atoms with Crippen LogP contribution in [0.5, 0.6) is 5.75 Å². The lowest BCUT2D eigenvalue weighted by Crippen LogP contribution is -2.40. The SMILES string of the molecule is CCCn1ccc(=O)n(CCOc2ccc(N)cc2)c1=O. The number of benzene rings is 1. The first-order valence-electron chi connectivity index (χ1n) is 6.90. The van der Waals surface area contributed by atoms with E-state index in [9.17, 15) is 9.59 Å². The monoisotopic (exact) mass is 289 g/mol. The molecule has 6 nitrogen and oxygen atoms in total. The van der Waals surface area contributed by atoms with Crippen LogP contribution in [0.1, 0.15) is 13.3 Å². The van der Waals surface area contributed by atoms with Gasteiger partial charge in [0.05, 0.1) is 6.54 Å². The summed E-state index contributed by atoms with van der Waals surface area (Å²) in [6.07, 6.45) is 2.37. The Morgan fingerprint density at radius 2 is 1.81 bits per heavy atom. The predicted molar refractivity (Wildman–Crippen MR) is 81.6 cm³/mol. The zero-order chi connectivity index (χ0) is 15.2. The number of aromatic nitrogens is 2. The van der Waals surface area contributed by atoms with E-state index in [0.29, 0.717) is 18.0 Å². The molecule has 0 radical (unpaired) electrons. The van der Waals surface area contributed by atoms with Gasteiger partial charge in [0.2, 0.25) is 0 Å². The van der Waals surface area contributed by atoms with Gasteiger partial charge in [0.1, 0.15) is 12.4 Å². The Kier molecular flexibility index (Phi) is 4.81. The molecule has 0 unspecified atom stereocenters. The fourth-order valence-electron chi connectivity index (χ4n) is 1.99. The van der Waals surface area contributed by atoms with E-state index >= 15 is 0 Å². The van der Waals surface area contributed by atoms with Gasteiger partial charge in [-0.2, -0.15) is 0 Å². The summed E-state index contributed by atoms with van der Waals surface area (Å²) >= 11 is 0. The molecule has 0 fully saturated rings. The molecule has 2 N–H and O–H groups in total. The van der Waals surface area contributed by atoms with Crippen molar-refractivity contribution in [1.29, 1.82) is 0 Å². The van der Waals surface area contributed by atoms with Crippen LogP contribution in [0.4, 0.5) is 5.69 Å². The Hall–Kier alpha value is -2.50. The van der Waals surface area contributed by atoms with Crippen LogP contribution in [-0.2, 0) is 13.1 Å². The number of nitrogen functional groups attached to an aromatic ring is 1. The summed E-state index contributed by atoms with van der Waals surface area (Å²) < 4.78 is 8.23. The zero-order valence-corrected chi connectivity index (χ0v) is 12.0. The maximum absolute atomic E-state index is 12.1. The van der Waals surface area contributed by atoms with Crippen LogP contribution in [0.2, 0.25) is 0 Å². The van der Waals surface area contributed by atoms with Crippen molar-refractivity contribution in [2.24, 2.45) is 0 Å². The Morgan fingerprint density at radius 3 is 2.48 bits per heavy atom. The van der Waals surface area contributed by atoms with E-state index in [2.05, 4.69) is 0 Å². The highest BCUT2D eigenvalue weighted by Gasteiger charge is 2.04. The van der Waals surface area contributed by atoms with E-state index in [-0.39, 0.29) is 24.4 Å². The zero-order valence-electron chi connectivity index (χ0n) is 12.0. The van der Waals surface area contributed by atoms with Gasteiger partial charge in [-0.25, -0.2) is 4.79 Å². The predicted octanol–water partition coefficient (Wildman–Crippen LogP) is 1.08. The van der Waals surface area contributed by atoms with E-state index in [1.54, 1.807) is 24.3 Å². The summed E-state index contributed by atoms with van der Waals surface area (Å²) in [5, 5.41) is 0. The molecule has 0 aliphatic rings. The fourth-order valence-corrected chi connectivity index (χ4v) is 1.99. The number of nitrogens with two attached hydrogens (primary N) is 1. The molecular formula is C15H19N3O3. The summed E-state index contributed by atoms with van der Waals surface area (Å²) in [7, 11) is 0. The van der Waals surface area contributed by atoms with Crippen LogP contribution < -0.4 is 21.7 Å². The summed E-state index contributed by atoms with van der Waals surface area (Å²) in [5.74, 6) is 0.655. The van der Waals surface area contributed by atoms with E-state index in [1.165, 1.54) is 21.4 Å². The topological polar surface area (TPSA) is 79.2 Å². The largest absolute Gasteiger partial charge is 0.492 e. The van der Waals surface area contributed by atoms with Gasteiger partial charge < -0.3 is 15.0 Å². The Labute approximate surface area is 122 Å². The number of rotatable bonds is 6. The van der Waals surface area contributed by atoms with Gasteiger partial charge in [0.25, 0.3) is 5.56 Å². The molecule has 0 aliphatic heterocycles. The van der Waals surface area contributed by atoms with Crippen molar-refractivity contribution in [3.8, 4) is 5.75 Å². The molecule has 0 bridgehead atoms. The quantitative estimate of drug-likeness (QED) is 0.807. The van der Waals surface area contributed by atoms with Crippen molar-refractivity contribution in [3.05, 3.63) is 57.4 Å². The number of nitrogens with zero attached hydrogens (tertiary/aromatic N) is 2. The highest BCUT2D eigenvalue weighted by atomic mass is 16.5. The van der Waals surface area contributed by atoms with Crippen molar-refractivity contribution < 1.29 is 4.74 Å². The Morgan fingerprint density at radius 1 is 1.10 bits per heavy atom. The summed E-state index contributed by atoms with van der Waals surface area (Å²) in [6.45, 7) is 3.03. The van der Waals surface area contributed by atoms with Crippen molar-refractivity contribution in [1.82, 2.24) is 9.13 Å². The smallest absolute Gasteiger partial charge is 0.331 e. The molecule has 0 amide bonds. The van der Waals surface area contributed by atoms with E-state index in [0.717, 1.165) is 6.42 Å². The van der Waals surface area contributed by atoms with Crippen LogP contribution in [-0.4, -0.2) is 15.7 Å². The maximum atomic E-state index is 12.1. The lowest BCUT2D eigenvalue weighted by molar-refractivity contribution is 0.291. The van der Waals surface area contributed by atoms with Crippen LogP contribution in [0.3, 0.4) is 0 Å². The number of aryl methyl sites for hydroxylation is 1. The third kappa shape index (κ3) is 3.75. The van der Waals surface area contributed by atoms with Crippen LogP contribution in [0, 0.1) is 0 Å². The van der Waals surface area contributed by atoms with Gasteiger partial charge in [0.15, 0.2) is 0 Å². The lowest BCUT2D eigenvalue weighted by atomic mass is 10.3. The van der Waals surface area contributed by atoms with Gasteiger partial charge >= 0.3 is 5.69 Å². The summed E-state index contributed by atoms with van der Waals surface area (Å²) in [6, 6.07) is 8.37. The highest BCUT2D eigenvalue weighted by Crippen LogP contribution is 2.12. The van der Waals surface area contributed by atoms with Crippen molar-refractivity contribution in [2.75, 3.05) is 12.3 Å². The molecule has 0 spiro atoms. The van der Waals surface area contributed by atoms with Crippen LogP contribution in [0.15, 0.2) is 46.1 Å². The van der Waals surface area contributed by atoms with Gasteiger partial charge in [-0.05, 0) is 30.7 Å². The average molecular weight is 289 g/mol. The summed E-state index contributed by atoms with van der Waals surface area (Å²) in [5.41, 5.74) is 5.63. The van der Waals surface area contributed by atoms with Crippen LogP contribution >= 0.6 is 0 Å². The minimum Gasteiger partial charge on any atom is -0.492 e. The molecule has 1 aromatic heterocycles.